The van der Waals surface area contributed by atoms with Crippen LogP contribution < -0.4 is 4.74 Å². The molecule has 0 aromatic carbocycles. The first-order valence-corrected chi connectivity index (χ1v) is 6.62. The molecule has 0 spiro atoms. The van der Waals surface area contributed by atoms with E-state index in [1.807, 2.05) is 0 Å². The molecule has 0 bridgehead atoms. The third kappa shape index (κ3) is 2.16. The van der Waals surface area contributed by atoms with Crippen LogP contribution in [0.1, 0.15) is 21.7 Å². The SMILES string of the molecule is COc1ccc(-n2nc(C)c3c(C(=O)O)cc(C)nc32)cn1. The summed E-state index contributed by atoms with van der Waals surface area (Å²) in [7, 11) is 1.54. The van der Waals surface area contributed by atoms with Crippen LogP contribution in [0.3, 0.4) is 0 Å². The maximum atomic E-state index is 11.5. The van der Waals surface area contributed by atoms with Gasteiger partial charge in [0.2, 0.25) is 5.88 Å². The highest BCUT2D eigenvalue weighted by atomic mass is 16.5. The largest absolute Gasteiger partial charge is 0.481 e. The highest BCUT2D eigenvalue weighted by molar-refractivity contribution is 6.03. The highest BCUT2D eigenvalue weighted by Gasteiger charge is 2.19. The number of aromatic carboxylic acids is 1. The minimum atomic E-state index is -0.994. The normalized spacial score (nSPS) is 10.9. The van der Waals surface area contributed by atoms with Crippen LogP contribution in [0.5, 0.6) is 5.88 Å². The molecule has 0 unspecified atom stereocenters. The van der Waals surface area contributed by atoms with Crippen LogP contribution in [0.4, 0.5) is 0 Å². The van der Waals surface area contributed by atoms with Crippen molar-refractivity contribution >= 4 is 17.0 Å². The smallest absolute Gasteiger partial charge is 0.336 e. The minimum absolute atomic E-state index is 0.202. The number of carboxylic acids is 1. The molecule has 0 saturated carbocycles. The number of carbonyl (C=O) groups is 1. The molecule has 112 valence electrons. The first kappa shape index (κ1) is 14.0. The van der Waals surface area contributed by atoms with Gasteiger partial charge in [0.25, 0.3) is 0 Å². The zero-order valence-corrected chi connectivity index (χ0v) is 12.4. The van der Waals surface area contributed by atoms with E-state index in [1.165, 1.54) is 0 Å². The average Bonchev–Trinajstić information content (AvgIpc) is 2.83. The van der Waals surface area contributed by atoms with Gasteiger partial charge in [-0.25, -0.2) is 19.4 Å². The number of ether oxygens (including phenoxy) is 1. The van der Waals surface area contributed by atoms with Gasteiger partial charge in [-0.1, -0.05) is 0 Å². The standard InChI is InChI=1S/C15H14N4O3/c1-8-6-11(15(20)21)13-9(2)18-19(14(13)17-8)10-4-5-12(22-3)16-7-10/h4-7H,1-3H3,(H,20,21). The van der Waals surface area contributed by atoms with Gasteiger partial charge in [0.05, 0.1) is 35.6 Å². The second-order valence-corrected chi connectivity index (χ2v) is 4.87. The summed E-state index contributed by atoms with van der Waals surface area (Å²) >= 11 is 0. The van der Waals surface area contributed by atoms with Crippen molar-refractivity contribution in [2.24, 2.45) is 0 Å². The molecule has 0 aliphatic rings. The number of aryl methyl sites for hydroxylation is 2. The van der Waals surface area contributed by atoms with Crippen LogP contribution in [0.15, 0.2) is 24.4 Å². The molecule has 7 nitrogen and oxygen atoms in total. The maximum Gasteiger partial charge on any atom is 0.336 e. The van der Waals surface area contributed by atoms with E-state index in [2.05, 4.69) is 15.1 Å². The first-order chi connectivity index (χ1) is 10.5. The first-order valence-electron chi connectivity index (χ1n) is 6.62. The van der Waals surface area contributed by atoms with Gasteiger partial charge in [0.1, 0.15) is 0 Å². The molecule has 7 heteroatoms. The van der Waals surface area contributed by atoms with Crippen molar-refractivity contribution in [3.8, 4) is 11.6 Å². The maximum absolute atomic E-state index is 11.5. The number of hydrogen-bond donors (Lipinski definition) is 1. The molecule has 0 saturated heterocycles. The fourth-order valence-corrected chi connectivity index (χ4v) is 2.38. The van der Waals surface area contributed by atoms with E-state index >= 15 is 0 Å². The predicted molar refractivity (Wildman–Crippen MR) is 79.6 cm³/mol. The van der Waals surface area contributed by atoms with E-state index in [0.29, 0.717) is 34.0 Å². The molecule has 0 atom stereocenters. The summed E-state index contributed by atoms with van der Waals surface area (Å²) in [6, 6.07) is 5.06. The van der Waals surface area contributed by atoms with Gasteiger partial charge in [-0.3, -0.25) is 0 Å². The molecule has 0 aliphatic heterocycles. The van der Waals surface area contributed by atoms with Crippen molar-refractivity contribution in [2.75, 3.05) is 7.11 Å². The van der Waals surface area contributed by atoms with Crippen LogP contribution in [-0.4, -0.2) is 37.9 Å². The van der Waals surface area contributed by atoms with E-state index in [1.54, 1.807) is 50.0 Å². The lowest BCUT2D eigenvalue weighted by molar-refractivity contribution is 0.0698. The number of fused-ring (bicyclic) bond motifs is 1. The van der Waals surface area contributed by atoms with Gasteiger partial charge in [-0.05, 0) is 26.0 Å². The summed E-state index contributed by atoms with van der Waals surface area (Å²) in [4.78, 5) is 20.0. The summed E-state index contributed by atoms with van der Waals surface area (Å²) in [6.45, 7) is 3.52. The quantitative estimate of drug-likeness (QED) is 0.796. The van der Waals surface area contributed by atoms with E-state index in [-0.39, 0.29) is 5.56 Å². The second-order valence-electron chi connectivity index (χ2n) is 4.87. The summed E-state index contributed by atoms with van der Waals surface area (Å²) in [5, 5.41) is 14.3. The van der Waals surface area contributed by atoms with Crippen LogP contribution in [0, 0.1) is 13.8 Å². The predicted octanol–water partition coefficient (Wildman–Crippen LogP) is 2.14. The van der Waals surface area contributed by atoms with Gasteiger partial charge >= 0.3 is 5.97 Å². The Kier molecular flexibility index (Phi) is 3.25. The van der Waals surface area contributed by atoms with Crippen molar-refractivity contribution in [2.45, 2.75) is 13.8 Å². The fourth-order valence-electron chi connectivity index (χ4n) is 2.38. The Morgan fingerprint density at radius 2 is 2.09 bits per heavy atom. The van der Waals surface area contributed by atoms with Crippen molar-refractivity contribution in [1.82, 2.24) is 19.7 Å². The average molecular weight is 298 g/mol. The molecule has 0 radical (unpaired) electrons. The third-order valence-corrected chi connectivity index (χ3v) is 3.35. The van der Waals surface area contributed by atoms with Gasteiger partial charge in [-0.2, -0.15) is 5.10 Å². The number of carboxylic acid groups (broad SMARTS) is 1. The zero-order valence-electron chi connectivity index (χ0n) is 12.4. The molecular formula is C15H14N4O3. The molecule has 0 amide bonds. The molecular weight excluding hydrogens is 284 g/mol. The number of hydrogen-bond acceptors (Lipinski definition) is 5. The Labute approximate surface area is 126 Å². The monoisotopic (exact) mass is 298 g/mol. The van der Waals surface area contributed by atoms with Gasteiger partial charge < -0.3 is 9.84 Å². The minimum Gasteiger partial charge on any atom is -0.481 e. The van der Waals surface area contributed by atoms with Gasteiger partial charge in [0, 0.05) is 11.8 Å². The number of aromatic nitrogens is 4. The lowest BCUT2D eigenvalue weighted by Gasteiger charge is -2.05. The van der Waals surface area contributed by atoms with E-state index in [9.17, 15) is 9.90 Å². The Morgan fingerprint density at radius 3 is 2.68 bits per heavy atom. The lowest BCUT2D eigenvalue weighted by Crippen LogP contribution is -2.02. The molecule has 22 heavy (non-hydrogen) atoms. The molecule has 0 fully saturated rings. The molecule has 3 heterocycles. The Hall–Kier alpha value is -2.96. The summed E-state index contributed by atoms with van der Waals surface area (Å²) < 4.78 is 6.63. The lowest BCUT2D eigenvalue weighted by atomic mass is 10.1. The summed E-state index contributed by atoms with van der Waals surface area (Å²) in [5.41, 5.74) is 2.62. The van der Waals surface area contributed by atoms with E-state index in [4.69, 9.17) is 4.74 Å². The molecule has 3 aromatic heterocycles. The highest BCUT2D eigenvalue weighted by Crippen LogP contribution is 2.25. The van der Waals surface area contributed by atoms with E-state index < -0.39 is 5.97 Å². The van der Waals surface area contributed by atoms with Gasteiger partial charge in [0.15, 0.2) is 5.65 Å². The van der Waals surface area contributed by atoms with Crippen molar-refractivity contribution in [1.29, 1.82) is 0 Å². The Bertz CT molecular complexity index is 869. The molecule has 0 aliphatic carbocycles. The van der Waals surface area contributed by atoms with Crippen LogP contribution in [-0.2, 0) is 0 Å². The zero-order chi connectivity index (χ0) is 15.9. The fraction of sp³-hybridized carbons (Fsp3) is 0.200. The van der Waals surface area contributed by atoms with Crippen LogP contribution in [0.2, 0.25) is 0 Å². The Morgan fingerprint density at radius 1 is 1.32 bits per heavy atom. The van der Waals surface area contributed by atoms with Crippen molar-refractivity contribution in [3.05, 3.63) is 41.3 Å². The van der Waals surface area contributed by atoms with Crippen LogP contribution >= 0.6 is 0 Å². The summed E-state index contributed by atoms with van der Waals surface area (Å²) in [5.74, 6) is -0.502. The number of nitrogens with zero attached hydrogens (tertiary/aromatic N) is 4. The number of pyridine rings is 2. The molecule has 3 aromatic rings. The Balaban J connectivity index is 2.28. The number of rotatable bonds is 3. The van der Waals surface area contributed by atoms with Crippen LogP contribution in [0.25, 0.3) is 16.7 Å². The third-order valence-electron chi connectivity index (χ3n) is 3.35. The number of methoxy groups -OCH3 is 1. The topological polar surface area (TPSA) is 90.1 Å². The summed E-state index contributed by atoms with van der Waals surface area (Å²) in [6.07, 6.45) is 1.61. The van der Waals surface area contributed by atoms with E-state index in [0.717, 1.165) is 0 Å². The van der Waals surface area contributed by atoms with Gasteiger partial charge in [-0.15, -0.1) is 0 Å². The van der Waals surface area contributed by atoms with Crippen molar-refractivity contribution < 1.29 is 14.6 Å². The molecule has 1 N–H and O–H groups in total. The van der Waals surface area contributed by atoms with Crippen molar-refractivity contribution in [3.63, 3.8) is 0 Å². The second kappa shape index (κ2) is 5.10. The molecule has 3 rings (SSSR count).